The molecule has 3 aliphatic rings. The number of nitrogens with zero attached hydrogens (tertiary/aromatic N) is 3. The highest BCUT2D eigenvalue weighted by atomic mass is 32.2. The predicted molar refractivity (Wildman–Crippen MR) is 104 cm³/mol. The van der Waals surface area contributed by atoms with E-state index in [4.69, 9.17) is 4.42 Å². The summed E-state index contributed by atoms with van der Waals surface area (Å²) in [5, 5.41) is 1.91. The van der Waals surface area contributed by atoms with E-state index in [9.17, 15) is 0 Å². The average Bonchev–Trinajstić information content (AvgIpc) is 3.27. The van der Waals surface area contributed by atoms with Gasteiger partial charge in [-0.25, -0.2) is 0 Å². The van der Waals surface area contributed by atoms with E-state index in [-0.39, 0.29) is 0 Å². The average molecular weight is 364 g/mol. The summed E-state index contributed by atoms with van der Waals surface area (Å²) in [6.07, 6.45) is 8.25. The first-order valence-electron chi connectivity index (χ1n) is 10.2. The van der Waals surface area contributed by atoms with Crippen molar-refractivity contribution >= 4 is 11.8 Å². The molecule has 25 heavy (non-hydrogen) atoms. The Morgan fingerprint density at radius 2 is 1.80 bits per heavy atom. The number of piperazine rings is 1. The first-order valence-corrected chi connectivity index (χ1v) is 11.0. The smallest absolute Gasteiger partial charge is 0.160 e. The van der Waals surface area contributed by atoms with E-state index in [1.807, 2.05) is 11.8 Å². The van der Waals surface area contributed by atoms with Gasteiger partial charge in [-0.05, 0) is 38.4 Å². The van der Waals surface area contributed by atoms with Gasteiger partial charge in [0, 0.05) is 50.6 Å². The predicted octanol–water partition coefficient (Wildman–Crippen LogP) is 3.53. The summed E-state index contributed by atoms with van der Waals surface area (Å²) in [6.45, 7) is 8.30. The van der Waals surface area contributed by atoms with Crippen LogP contribution >= 0.6 is 11.8 Å². The molecule has 0 spiro atoms. The number of hydrogen-bond donors (Lipinski definition) is 0. The van der Waals surface area contributed by atoms with Gasteiger partial charge in [-0.15, -0.1) is 0 Å². The first-order chi connectivity index (χ1) is 12.3. The van der Waals surface area contributed by atoms with Gasteiger partial charge < -0.3 is 9.32 Å². The molecule has 140 valence electrons. The van der Waals surface area contributed by atoms with Gasteiger partial charge in [-0.3, -0.25) is 9.80 Å². The maximum Gasteiger partial charge on any atom is 0.160 e. The molecule has 1 atom stereocenters. The van der Waals surface area contributed by atoms with Gasteiger partial charge in [0.1, 0.15) is 5.76 Å². The third-order valence-corrected chi connectivity index (χ3v) is 7.41. The van der Waals surface area contributed by atoms with Gasteiger partial charge in [-0.2, -0.15) is 0 Å². The first kappa shape index (κ1) is 17.9. The Bertz CT molecular complexity index is 535. The number of likely N-dealkylation sites (tertiary alicyclic amines) is 1. The summed E-state index contributed by atoms with van der Waals surface area (Å²) in [7, 11) is 2.23. The van der Waals surface area contributed by atoms with Gasteiger partial charge in [-0.1, -0.05) is 31.0 Å². The van der Waals surface area contributed by atoms with Crippen molar-refractivity contribution in [1.82, 2.24) is 14.7 Å². The van der Waals surface area contributed by atoms with Crippen LogP contribution in [0.2, 0.25) is 0 Å². The van der Waals surface area contributed by atoms with Crippen LogP contribution in [0.5, 0.6) is 0 Å². The molecule has 2 saturated heterocycles. The Labute approximate surface area is 156 Å². The lowest BCUT2D eigenvalue weighted by Gasteiger charge is -2.36. The highest BCUT2D eigenvalue weighted by Gasteiger charge is 2.29. The Morgan fingerprint density at radius 3 is 2.60 bits per heavy atom. The SMILES string of the molecule is CN1CCN([C@H]2CCN(Cc3ccc(SC4CCCCC4)o3)C2)CC1. The maximum absolute atomic E-state index is 6.14. The molecule has 0 unspecified atom stereocenters. The highest BCUT2D eigenvalue weighted by Crippen LogP contribution is 2.34. The molecule has 4 nitrogen and oxygen atoms in total. The zero-order valence-corrected chi connectivity index (χ0v) is 16.5. The number of likely N-dealkylation sites (N-methyl/N-ethyl adjacent to an activating group) is 1. The normalized spacial score (nSPS) is 28.0. The van der Waals surface area contributed by atoms with Crippen LogP contribution in [-0.2, 0) is 6.54 Å². The fourth-order valence-electron chi connectivity index (χ4n) is 4.52. The van der Waals surface area contributed by atoms with Crippen molar-refractivity contribution in [2.45, 2.75) is 61.5 Å². The van der Waals surface area contributed by atoms with Crippen LogP contribution < -0.4 is 0 Å². The molecule has 0 amide bonds. The molecule has 3 fully saturated rings. The van der Waals surface area contributed by atoms with Gasteiger partial charge in [0.2, 0.25) is 0 Å². The summed E-state index contributed by atoms with van der Waals surface area (Å²) < 4.78 is 6.14. The summed E-state index contributed by atoms with van der Waals surface area (Å²) in [5.41, 5.74) is 0. The lowest BCUT2D eigenvalue weighted by molar-refractivity contribution is 0.112. The monoisotopic (exact) mass is 363 g/mol. The fourth-order valence-corrected chi connectivity index (χ4v) is 5.71. The summed E-state index contributed by atoms with van der Waals surface area (Å²) in [6, 6.07) is 5.15. The topological polar surface area (TPSA) is 22.9 Å². The van der Waals surface area contributed by atoms with Crippen LogP contribution in [0.4, 0.5) is 0 Å². The summed E-state index contributed by atoms with van der Waals surface area (Å²) >= 11 is 1.97. The van der Waals surface area contributed by atoms with E-state index in [0.717, 1.165) is 28.7 Å². The second-order valence-corrected chi connectivity index (χ2v) is 9.42. The third kappa shape index (κ3) is 4.82. The van der Waals surface area contributed by atoms with E-state index >= 15 is 0 Å². The fraction of sp³-hybridized carbons (Fsp3) is 0.800. The van der Waals surface area contributed by atoms with Crippen LogP contribution in [-0.4, -0.2) is 72.3 Å². The van der Waals surface area contributed by atoms with Crippen molar-refractivity contribution in [3.8, 4) is 0 Å². The second kappa shape index (κ2) is 8.47. The van der Waals surface area contributed by atoms with Crippen LogP contribution in [0, 0.1) is 0 Å². The van der Waals surface area contributed by atoms with Gasteiger partial charge >= 0.3 is 0 Å². The van der Waals surface area contributed by atoms with Crippen molar-refractivity contribution < 1.29 is 4.42 Å². The number of hydrogen-bond acceptors (Lipinski definition) is 5. The zero-order valence-electron chi connectivity index (χ0n) is 15.7. The lowest BCUT2D eigenvalue weighted by atomic mass is 10.0. The molecule has 1 aliphatic carbocycles. The second-order valence-electron chi connectivity index (χ2n) is 8.12. The van der Waals surface area contributed by atoms with Gasteiger partial charge in [0.25, 0.3) is 0 Å². The minimum atomic E-state index is 0.750. The van der Waals surface area contributed by atoms with Crippen molar-refractivity contribution in [1.29, 1.82) is 0 Å². The van der Waals surface area contributed by atoms with E-state index in [1.54, 1.807) is 0 Å². The molecule has 2 aliphatic heterocycles. The molecule has 0 bridgehead atoms. The lowest BCUT2D eigenvalue weighted by Crippen LogP contribution is -2.49. The van der Waals surface area contributed by atoms with Crippen LogP contribution in [0.3, 0.4) is 0 Å². The Kier molecular flexibility index (Phi) is 6.06. The number of rotatable bonds is 5. The van der Waals surface area contributed by atoms with Crippen molar-refractivity contribution in [3.05, 3.63) is 17.9 Å². The van der Waals surface area contributed by atoms with Gasteiger partial charge in [0.05, 0.1) is 6.54 Å². The third-order valence-electron chi connectivity index (χ3n) is 6.15. The Morgan fingerprint density at radius 1 is 1.00 bits per heavy atom. The standard InChI is InChI=1S/C20H33N3OS/c1-21-11-13-23(14-12-21)17-9-10-22(15-17)16-18-7-8-20(24-18)25-19-5-3-2-4-6-19/h7-8,17,19H,2-6,9-16H2,1H3/t17-/m0/s1. The maximum atomic E-state index is 6.14. The zero-order chi connectivity index (χ0) is 17.1. The van der Waals surface area contributed by atoms with E-state index in [1.165, 1.54) is 77.8 Å². The molecule has 4 rings (SSSR count). The Hall–Kier alpha value is -0.490. The minimum Gasteiger partial charge on any atom is -0.454 e. The van der Waals surface area contributed by atoms with Gasteiger partial charge in [0.15, 0.2) is 5.09 Å². The van der Waals surface area contributed by atoms with Crippen molar-refractivity contribution in [2.24, 2.45) is 0 Å². The summed E-state index contributed by atoms with van der Waals surface area (Å²) in [4.78, 5) is 7.72. The molecule has 3 heterocycles. The molecule has 5 heteroatoms. The minimum absolute atomic E-state index is 0.750. The van der Waals surface area contributed by atoms with Crippen LogP contribution in [0.1, 0.15) is 44.3 Å². The highest BCUT2D eigenvalue weighted by molar-refractivity contribution is 7.99. The van der Waals surface area contributed by atoms with Crippen molar-refractivity contribution in [3.63, 3.8) is 0 Å². The molecule has 1 aromatic rings. The molecule has 1 aromatic heterocycles. The quantitative estimate of drug-likeness (QED) is 0.796. The number of thioether (sulfide) groups is 1. The molecule has 0 radical (unpaired) electrons. The Balaban J connectivity index is 1.24. The summed E-state index contributed by atoms with van der Waals surface area (Å²) in [5.74, 6) is 1.15. The van der Waals surface area contributed by atoms with Crippen LogP contribution in [0.25, 0.3) is 0 Å². The molecular weight excluding hydrogens is 330 g/mol. The van der Waals surface area contributed by atoms with Crippen molar-refractivity contribution in [2.75, 3.05) is 46.3 Å². The number of furan rings is 1. The molecular formula is C20H33N3OS. The van der Waals surface area contributed by atoms with E-state index in [2.05, 4.69) is 33.9 Å². The van der Waals surface area contributed by atoms with E-state index in [0.29, 0.717) is 0 Å². The van der Waals surface area contributed by atoms with Crippen LogP contribution in [0.15, 0.2) is 21.6 Å². The molecule has 1 saturated carbocycles. The molecule has 0 aromatic carbocycles. The largest absolute Gasteiger partial charge is 0.454 e. The van der Waals surface area contributed by atoms with E-state index < -0.39 is 0 Å². The molecule has 0 N–H and O–H groups in total.